The van der Waals surface area contributed by atoms with Crippen molar-refractivity contribution in [3.63, 3.8) is 0 Å². The predicted octanol–water partition coefficient (Wildman–Crippen LogP) is 2.26. The van der Waals surface area contributed by atoms with Crippen molar-refractivity contribution in [1.82, 2.24) is 4.98 Å². The van der Waals surface area contributed by atoms with Crippen molar-refractivity contribution in [2.75, 3.05) is 17.6 Å². The Morgan fingerprint density at radius 3 is 2.71 bits per heavy atom. The Balaban J connectivity index is 1.85. The maximum Gasteiger partial charge on any atom is 0.133 e. The summed E-state index contributed by atoms with van der Waals surface area (Å²) in [4.78, 5) is 4.07. The second kappa shape index (κ2) is 5.30. The third-order valence-corrected chi connectivity index (χ3v) is 2.35. The van der Waals surface area contributed by atoms with Gasteiger partial charge >= 0.3 is 0 Å². The largest absolute Gasteiger partial charge is 0.383 e. The zero-order valence-corrected chi connectivity index (χ0v) is 9.28. The van der Waals surface area contributed by atoms with Gasteiger partial charge in [-0.1, -0.05) is 12.1 Å². The van der Waals surface area contributed by atoms with Gasteiger partial charge in [0.2, 0.25) is 0 Å². The van der Waals surface area contributed by atoms with E-state index in [0.29, 0.717) is 5.82 Å². The number of hydrogen-bond donors (Lipinski definition) is 2. The van der Waals surface area contributed by atoms with Gasteiger partial charge in [-0.05, 0) is 36.2 Å². The fraction of sp³-hybridized carbons (Fsp3) is 0.154. The number of halogens is 1. The number of nitrogens with one attached hydrogen (secondary N) is 1. The van der Waals surface area contributed by atoms with Gasteiger partial charge in [0.15, 0.2) is 0 Å². The lowest BCUT2D eigenvalue weighted by molar-refractivity contribution is 0.627. The number of nitrogens with zero attached hydrogens (tertiary/aromatic N) is 1. The van der Waals surface area contributed by atoms with E-state index in [2.05, 4.69) is 16.4 Å². The molecule has 1 aromatic carbocycles. The number of hydrogen-bond acceptors (Lipinski definition) is 3. The van der Waals surface area contributed by atoms with Gasteiger partial charge in [0.1, 0.15) is 17.5 Å². The molecule has 2 aromatic rings. The summed E-state index contributed by atoms with van der Waals surface area (Å²) < 4.78 is 12.7. The van der Waals surface area contributed by atoms with E-state index in [1.54, 1.807) is 24.3 Å². The van der Waals surface area contributed by atoms with Crippen molar-refractivity contribution >= 4 is 11.6 Å². The van der Waals surface area contributed by atoms with Crippen molar-refractivity contribution in [3.05, 3.63) is 53.8 Å². The van der Waals surface area contributed by atoms with Crippen LogP contribution in [0, 0.1) is 11.9 Å². The number of aromatic nitrogens is 1. The predicted molar refractivity (Wildman–Crippen MR) is 66.1 cm³/mol. The molecule has 0 bridgehead atoms. The van der Waals surface area contributed by atoms with Crippen LogP contribution in [0.15, 0.2) is 36.4 Å². The standard InChI is InChI=1S/C13H13FN3/c14-11-6-4-10(5-7-11)8-9-16-13-3-1-2-12(15)17-13/h1,3-7H,8-9H2,(H3,15,16,17). The smallest absolute Gasteiger partial charge is 0.133 e. The third kappa shape index (κ3) is 3.45. The number of pyridine rings is 1. The molecule has 2 rings (SSSR count). The number of benzene rings is 1. The Labute approximate surface area is 99.5 Å². The van der Waals surface area contributed by atoms with Gasteiger partial charge in [0.05, 0.1) is 0 Å². The Morgan fingerprint density at radius 1 is 1.24 bits per heavy atom. The van der Waals surface area contributed by atoms with E-state index < -0.39 is 0 Å². The minimum atomic E-state index is -0.213. The molecule has 0 atom stereocenters. The molecule has 0 saturated heterocycles. The fourth-order valence-corrected chi connectivity index (χ4v) is 1.49. The van der Waals surface area contributed by atoms with Gasteiger partial charge in [-0.2, -0.15) is 0 Å². The van der Waals surface area contributed by atoms with Crippen LogP contribution in [0.5, 0.6) is 0 Å². The molecule has 0 aliphatic heterocycles. The summed E-state index contributed by atoms with van der Waals surface area (Å²) in [6.45, 7) is 0.724. The highest BCUT2D eigenvalue weighted by Crippen LogP contribution is 2.07. The molecule has 1 aromatic heterocycles. The maximum atomic E-state index is 12.7. The van der Waals surface area contributed by atoms with Crippen LogP contribution in [0.3, 0.4) is 0 Å². The normalized spacial score (nSPS) is 10.2. The highest BCUT2D eigenvalue weighted by atomic mass is 19.1. The summed E-state index contributed by atoms with van der Waals surface area (Å²) >= 11 is 0. The minimum absolute atomic E-state index is 0.213. The van der Waals surface area contributed by atoms with E-state index in [-0.39, 0.29) is 5.82 Å². The van der Waals surface area contributed by atoms with Gasteiger partial charge in [0, 0.05) is 12.6 Å². The van der Waals surface area contributed by atoms with E-state index in [9.17, 15) is 4.39 Å². The molecular formula is C13H13FN3. The Hall–Kier alpha value is -2.10. The average molecular weight is 230 g/mol. The summed E-state index contributed by atoms with van der Waals surface area (Å²) in [7, 11) is 0. The molecule has 0 amide bonds. The number of anilines is 2. The molecule has 3 N–H and O–H groups in total. The lowest BCUT2D eigenvalue weighted by Crippen LogP contribution is -2.07. The van der Waals surface area contributed by atoms with E-state index in [0.717, 1.165) is 24.3 Å². The number of nitrogen functional groups attached to an aromatic ring is 1. The summed E-state index contributed by atoms with van der Waals surface area (Å²) in [5.74, 6) is 0.884. The van der Waals surface area contributed by atoms with Crippen molar-refractivity contribution in [2.45, 2.75) is 6.42 Å². The lowest BCUT2D eigenvalue weighted by Gasteiger charge is -2.05. The van der Waals surface area contributed by atoms with E-state index >= 15 is 0 Å². The maximum absolute atomic E-state index is 12.7. The summed E-state index contributed by atoms with van der Waals surface area (Å²) in [5, 5.41) is 3.14. The minimum Gasteiger partial charge on any atom is -0.383 e. The molecule has 0 fully saturated rings. The fourth-order valence-electron chi connectivity index (χ4n) is 1.49. The van der Waals surface area contributed by atoms with Crippen molar-refractivity contribution in [1.29, 1.82) is 0 Å². The molecule has 1 radical (unpaired) electrons. The van der Waals surface area contributed by atoms with Crippen LogP contribution in [0.25, 0.3) is 0 Å². The highest BCUT2D eigenvalue weighted by molar-refractivity contribution is 5.41. The summed E-state index contributed by atoms with van der Waals surface area (Å²) in [6, 6.07) is 12.8. The quantitative estimate of drug-likeness (QED) is 0.847. The lowest BCUT2D eigenvalue weighted by atomic mass is 10.1. The van der Waals surface area contributed by atoms with Crippen LogP contribution >= 0.6 is 0 Å². The second-order valence-electron chi connectivity index (χ2n) is 3.66. The van der Waals surface area contributed by atoms with E-state index in [4.69, 9.17) is 5.73 Å². The van der Waals surface area contributed by atoms with Crippen molar-refractivity contribution < 1.29 is 4.39 Å². The molecule has 4 heteroatoms. The van der Waals surface area contributed by atoms with Gasteiger partial charge in [-0.25, -0.2) is 9.37 Å². The third-order valence-electron chi connectivity index (χ3n) is 2.35. The summed E-state index contributed by atoms with van der Waals surface area (Å²) in [5.41, 5.74) is 6.59. The first-order valence-electron chi connectivity index (χ1n) is 5.36. The first kappa shape index (κ1) is 11.4. The first-order chi connectivity index (χ1) is 8.24. The Kier molecular flexibility index (Phi) is 3.55. The van der Waals surface area contributed by atoms with E-state index in [1.807, 2.05) is 0 Å². The molecule has 17 heavy (non-hydrogen) atoms. The van der Waals surface area contributed by atoms with Gasteiger partial charge in [-0.15, -0.1) is 0 Å². The molecular weight excluding hydrogens is 217 g/mol. The molecule has 0 unspecified atom stereocenters. The number of nitrogens with two attached hydrogens (primary N) is 1. The van der Waals surface area contributed by atoms with Gasteiger partial charge in [0.25, 0.3) is 0 Å². The van der Waals surface area contributed by atoms with Crippen LogP contribution in [0.4, 0.5) is 16.0 Å². The molecule has 0 spiro atoms. The molecule has 1 heterocycles. The molecule has 0 aliphatic carbocycles. The second-order valence-corrected chi connectivity index (χ2v) is 3.66. The van der Waals surface area contributed by atoms with Crippen molar-refractivity contribution in [2.24, 2.45) is 0 Å². The van der Waals surface area contributed by atoms with Gasteiger partial charge in [-0.3, -0.25) is 0 Å². The van der Waals surface area contributed by atoms with Crippen LogP contribution in [-0.2, 0) is 6.42 Å². The van der Waals surface area contributed by atoms with Crippen LogP contribution in [0.1, 0.15) is 5.56 Å². The van der Waals surface area contributed by atoms with E-state index in [1.165, 1.54) is 12.1 Å². The molecule has 87 valence electrons. The van der Waals surface area contributed by atoms with Gasteiger partial charge < -0.3 is 11.1 Å². The van der Waals surface area contributed by atoms with Crippen molar-refractivity contribution in [3.8, 4) is 0 Å². The van der Waals surface area contributed by atoms with Crippen LogP contribution in [-0.4, -0.2) is 11.5 Å². The molecule has 0 saturated carbocycles. The number of rotatable bonds is 4. The molecule has 3 nitrogen and oxygen atoms in total. The molecule has 0 aliphatic rings. The zero-order valence-electron chi connectivity index (χ0n) is 9.28. The average Bonchev–Trinajstić information content (AvgIpc) is 2.32. The van der Waals surface area contributed by atoms with Crippen LogP contribution in [0.2, 0.25) is 0 Å². The first-order valence-corrected chi connectivity index (χ1v) is 5.36. The van der Waals surface area contributed by atoms with Crippen LogP contribution < -0.4 is 11.1 Å². The Bertz CT molecular complexity index is 482. The highest BCUT2D eigenvalue weighted by Gasteiger charge is 1.96. The zero-order chi connectivity index (χ0) is 12.1. The monoisotopic (exact) mass is 230 g/mol. The topological polar surface area (TPSA) is 50.9 Å². The summed E-state index contributed by atoms with van der Waals surface area (Å²) in [6.07, 6.45) is 0.806. The Morgan fingerprint density at radius 2 is 2.00 bits per heavy atom. The SMILES string of the molecule is Nc1[c]ccc(NCCc2ccc(F)cc2)n1.